The van der Waals surface area contributed by atoms with Crippen LogP contribution in [0.5, 0.6) is 0 Å². The molecule has 5 nitrogen and oxygen atoms in total. The Hall–Kier alpha value is -1.10. The van der Waals surface area contributed by atoms with Crippen LogP contribution in [0.3, 0.4) is 0 Å². The number of carbonyl (C=O) groups is 2. The highest BCUT2D eigenvalue weighted by Gasteiger charge is 2.34. The minimum Gasteiger partial charge on any atom is -0.479 e. The number of hydrogen-bond acceptors (Lipinski definition) is 3. The molecule has 5 heteroatoms. The van der Waals surface area contributed by atoms with Gasteiger partial charge in [0.25, 0.3) is 0 Å². The smallest absolute Gasteiger partial charge is 0.334 e. The van der Waals surface area contributed by atoms with Crippen LogP contribution in [0.15, 0.2) is 0 Å². The monoisotopic (exact) mass is 297 g/mol. The maximum absolute atomic E-state index is 12.4. The first-order chi connectivity index (χ1) is 9.77. The Morgan fingerprint density at radius 3 is 2.43 bits per heavy atom. The molecule has 0 spiro atoms. The molecule has 0 bridgehead atoms. The number of rotatable bonds is 3. The van der Waals surface area contributed by atoms with E-state index in [0.29, 0.717) is 24.3 Å². The maximum Gasteiger partial charge on any atom is 0.334 e. The third kappa shape index (κ3) is 4.43. The van der Waals surface area contributed by atoms with E-state index in [1.807, 2.05) is 6.92 Å². The Balaban J connectivity index is 1.86. The lowest BCUT2D eigenvalue weighted by atomic mass is 9.72. The number of carboxylic acids is 1. The van der Waals surface area contributed by atoms with Crippen molar-refractivity contribution in [2.75, 3.05) is 13.1 Å². The first-order valence-electron chi connectivity index (χ1n) is 7.93. The van der Waals surface area contributed by atoms with Gasteiger partial charge in [0.2, 0.25) is 5.91 Å². The number of morpholine rings is 1. The average molecular weight is 297 g/mol. The lowest BCUT2D eigenvalue weighted by Gasteiger charge is -2.37. The van der Waals surface area contributed by atoms with Gasteiger partial charge < -0.3 is 14.7 Å². The van der Waals surface area contributed by atoms with E-state index in [4.69, 9.17) is 9.84 Å². The molecule has 2 atom stereocenters. The van der Waals surface area contributed by atoms with Crippen LogP contribution in [0.2, 0.25) is 0 Å². The molecule has 2 fully saturated rings. The van der Waals surface area contributed by atoms with Gasteiger partial charge in [-0.1, -0.05) is 13.8 Å². The van der Waals surface area contributed by atoms with Gasteiger partial charge in [0.15, 0.2) is 6.10 Å². The minimum absolute atomic E-state index is 0.0844. The van der Waals surface area contributed by atoms with E-state index in [9.17, 15) is 9.59 Å². The standard InChI is InChI=1S/C16H27NO4/c1-11-9-17(10-13(21-11)15(19)20)14(18)8-12-4-6-16(2,3)7-5-12/h11-13H,4-10H2,1-3H3,(H,19,20)/t11-,13?/m1/s1. The van der Waals surface area contributed by atoms with Crippen molar-refractivity contribution in [1.29, 1.82) is 0 Å². The van der Waals surface area contributed by atoms with Crippen LogP contribution in [-0.4, -0.2) is 47.2 Å². The van der Waals surface area contributed by atoms with Gasteiger partial charge >= 0.3 is 5.97 Å². The zero-order valence-corrected chi connectivity index (χ0v) is 13.3. The summed E-state index contributed by atoms with van der Waals surface area (Å²) in [5.74, 6) is -0.452. The summed E-state index contributed by atoms with van der Waals surface area (Å²) in [6, 6.07) is 0. The molecule has 0 aromatic carbocycles. The zero-order chi connectivity index (χ0) is 15.6. The number of carbonyl (C=O) groups excluding carboxylic acids is 1. The van der Waals surface area contributed by atoms with Gasteiger partial charge in [-0.15, -0.1) is 0 Å². The van der Waals surface area contributed by atoms with Gasteiger partial charge in [0.05, 0.1) is 12.6 Å². The van der Waals surface area contributed by atoms with E-state index in [-0.39, 0.29) is 18.6 Å². The fourth-order valence-corrected chi connectivity index (χ4v) is 3.33. The summed E-state index contributed by atoms with van der Waals surface area (Å²) in [7, 11) is 0. The molecule has 120 valence electrons. The Morgan fingerprint density at radius 2 is 1.86 bits per heavy atom. The molecule has 1 amide bonds. The fraction of sp³-hybridized carbons (Fsp3) is 0.875. The summed E-state index contributed by atoms with van der Waals surface area (Å²) in [5.41, 5.74) is 0.404. The zero-order valence-electron chi connectivity index (χ0n) is 13.3. The first-order valence-corrected chi connectivity index (χ1v) is 7.93. The van der Waals surface area contributed by atoms with E-state index >= 15 is 0 Å². The van der Waals surface area contributed by atoms with Crippen molar-refractivity contribution < 1.29 is 19.4 Å². The molecule has 0 radical (unpaired) electrons. The lowest BCUT2D eigenvalue weighted by Crippen LogP contribution is -2.52. The molecule has 1 aliphatic heterocycles. The molecule has 1 saturated heterocycles. The molecular weight excluding hydrogens is 270 g/mol. The van der Waals surface area contributed by atoms with Crippen LogP contribution < -0.4 is 0 Å². The summed E-state index contributed by atoms with van der Waals surface area (Å²) in [6.07, 6.45) is 3.98. The predicted octanol–water partition coefficient (Wildman–Crippen LogP) is 2.29. The molecule has 2 aliphatic rings. The molecule has 1 N–H and O–H groups in total. The van der Waals surface area contributed by atoms with Crippen molar-refractivity contribution in [3.05, 3.63) is 0 Å². The molecule has 2 rings (SSSR count). The third-order valence-electron chi connectivity index (χ3n) is 4.81. The SMILES string of the molecule is C[C@@H]1CN(C(=O)CC2CCC(C)(C)CC2)CC(C(=O)O)O1. The van der Waals surface area contributed by atoms with E-state index in [2.05, 4.69) is 13.8 Å². The summed E-state index contributed by atoms with van der Waals surface area (Å²) in [4.78, 5) is 25.2. The lowest BCUT2D eigenvalue weighted by molar-refractivity contribution is -0.166. The van der Waals surface area contributed by atoms with Gasteiger partial charge in [0.1, 0.15) is 0 Å². The minimum atomic E-state index is -0.987. The highest BCUT2D eigenvalue weighted by atomic mass is 16.5. The van der Waals surface area contributed by atoms with Crippen LogP contribution in [0, 0.1) is 11.3 Å². The van der Waals surface area contributed by atoms with Crippen molar-refractivity contribution in [2.45, 2.75) is 65.1 Å². The normalized spacial score (nSPS) is 30.1. The van der Waals surface area contributed by atoms with Gasteiger partial charge in [-0.2, -0.15) is 0 Å². The predicted molar refractivity (Wildman–Crippen MR) is 78.9 cm³/mol. The second-order valence-electron chi connectivity index (χ2n) is 7.38. The summed E-state index contributed by atoms with van der Waals surface area (Å²) in [6.45, 7) is 7.06. The number of aliphatic carboxylic acids is 1. The molecule has 1 unspecified atom stereocenters. The summed E-state index contributed by atoms with van der Waals surface area (Å²) < 4.78 is 5.35. The van der Waals surface area contributed by atoms with Gasteiger partial charge in [-0.3, -0.25) is 4.79 Å². The van der Waals surface area contributed by atoms with E-state index < -0.39 is 12.1 Å². The Labute approximate surface area is 126 Å². The molecule has 0 aromatic heterocycles. The highest BCUT2D eigenvalue weighted by Crippen LogP contribution is 2.39. The van der Waals surface area contributed by atoms with Crippen LogP contribution in [0.4, 0.5) is 0 Å². The Morgan fingerprint density at radius 1 is 1.24 bits per heavy atom. The largest absolute Gasteiger partial charge is 0.479 e. The topological polar surface area (TPSA) is 66.8 Å². The van der Waals surface area contributed by atoms with Crippen molar-refractivity contribution >= 4 is 11.9 Å². The highest BCUT2D eigenvalue weighted by molar-refractivity contribution is 5.79. The summed E-state index contributed by atoms with van der Waals surface area (Å²) in [5, 5.41) is 9.07. The number of carboxylic acid groups (broad SMARTS) is 1. The summed E-state index contributed by atoms with van der Waals surface area (Å²) >= 11 is 0. The van der Waals surface area contributed by atoms with Gasteiger partial charge in [-0.25, -0.2) is 4.79 Å². The molecule has 1 aliphatic carbocycles. The number of ether oxygens (including phenoxy) is 1. The molecule has 21 heavy (non-hydrogen) atoms. The number of nitrogens with zero attached hydrogens (tertiary/aromatic N) is 1. The number of hydrogen-bond donors (Lipinski definition) is 1. The fourth-order valence-electron chi connectivity index (χ4n) is 3.33. The third-order valence-corrected chi connectivity index (χ3v) is 4.81. The molecular formula is C16H27NO4. The quantitative estimate of drug-likeness (QED) is 0.868. The average Bonchev–Trinajstić information content (AvgIpc) is 2.40. The van der Waals surface area contributed by atoms with Crippen molar-refractivity contribution in [3.63, 3.8) is 0 Å². The van der Waals surface area contributed by atoms with Gasteiger partial charge in [0, 0.05) is 13.0 Å². The van der Waals surface area contributed by atoms with Crippen LogP contribution in [-0.2, 0) is 14.3 Å². The van der Waals surface area contributed by atoms with Crippen LogP contribution >= 0.6 is 0 Å². The first kappa shape index (κ1) is 16.3. The second kappa shape index (κ2) is 6.34. The maximum atomic E-state index is 12.4. The Kier molecular flexibility index (Phi) is 4.91. The van der Waals surface area contributed by atoms with E-state index in [1.165, 1.54) is 12.8 Å². The molecule has 1 heterocycles. The van der Waals surface area contributed by atoms with Crippen LogP contribution in [0.25, 0.3) is 0 Å². The van der Waals surface area contributed by atoms with Crippen molar-refractivity contribution in [2.24, 2.45) is 11.3 Å². The van der Waals surface area contributed by atoms with E-state index in [0.717, 1.165) is 12.8 Å². The van der Waals surface area contributed by atoms with E-state index in [1.54, 1.807) is 4.90 Å². The Bertz CT molecular complexity index is 397. The molecule has 0 aromatic rings. The number of amides is 1. The second-order valence-corrected chi connectivity index (χ2v) is 7.38. The molecule has 1 saturated carbocycles. The van der Waals surface area contributed by atoms with Crippen molar-refractivity contribution in [3.8, 4) is 0 Å². The van der Waals surface area contributed by atoms with Gasteiger partial charge in [-0.05, 0) is 43.9 Å². The van der Waals surface area contributed by atoms with Crippen molar-refractivity contribution in [1.82, 2.24) is 4.90 Å². The van der Waals surface area contributed by atoms with Crippen LogP contribution in [0.1, 0.15) is 52.9 Å².